The number of nitrogens with one attached hydrogen (secondary N) is 1. The van der Waals surface area contributed by atoms with E-state index in [1.165, 1.54) is 5.56 Å². The maximum Gasteiger partial charge on any atom is 0.147 e. The lowest BCUT2D eigenvalue weighted by Crippen LogP contribution is -2.15. The van der Waals surface area contributed by atoms with Crippen LogP contribution in [0.1, 0.15) is 18.4 Å². The van der Waals surface area contributed by atoms with E-state index in [1.807, 2.05) is 18.7 Å². The maximum absolute atomic E-state index is 5.30. The van der Waals surface area contributed by atoms with Crippen molar-refractivity contribution in [3.05, 3.63) is 45.4 Å². The van der Waals surface area contributed by atoms with Gasteiger partial charge in [0.15, 0.2) is 0 Å². The standard InChI is InChI=1S/C15H19Br2N3O/c1-21-15-13(16)8-12(9-14(15)17)10-18-4-2-3-6-20-7-5-19-11-20/h5,7-9,11,18H,2-4,6,10H2,1H3. The Morgan fingerprint density at radius 1 is 1.24 bits per heavy atom. The number of ether oxygens (including phenoxy) is 1. The third-order valence-corrected chi connectivity index (χ3v) is 4.35. The third kappa shape index (κ3) is 5.13. The molecule has 0 spiro atoms. The number of aryl methyl sites for hydroxylation is 1. The van der Waals surface area contributed by atoms with Gasteiger partial charge in [-0.2, -0.15) is 0 Å². The Morgan fingerprint density at radius 2 is 2.00 bits per heavy atom. The van der Waals surface area contributed by atoms with Gasteiger partial charge in [-0.15, -0.1) is 0 Å². The highest BCUT2D eigenvalue weighted by Crippen LogP contribution is 2.34. The normalized spacial score (nSPS) is 10.8. The Balaban J connectivity index is 1.69. The summed E-state index contributed by atoms with van der Waals surface area (Å²) in [4.78, 5) is 4.04. The molecule has 0 unspecified atom stereocenters. The molecule has 0 aliphatic carbocycles. The van der Waals surface area contributed by atoms with Crippen LogP contribution < -0.4 is 10.1 Å². The predicted octanol–water partition coefficient (Wildman–Crippen LogP) is 3.99. The molecule has 0 aliphatic heterocycles. The van der Waals surface area contributed by atoms with Gasteiger partial charge in [0.25, 0.3) is 0 Å². The fraction of sp³-hybridized carbons (Fsp3) is 0.400. The molecule has 6 heteroatoms. The highest BCUT2D eigenvalue weighted by molar-refractivity contribution is 9.11. The third-order valence-electron chi connectivity index (χ3n) is 3.17. The number of unbranched alkanes of at least 4 members (excludes halogenated alkanes) is 1. The van der Waals surface area contributed by atoms with Crippen molar-refractivity contribution in [2.75, 3.05) is 13.7 Å². The van der Waals surface area contributed by atoms with E-state index in [4.69, 9.17) is 4.74 Å². The van der Waals surface area contributed by atoms with E-state index in [0.29, 0.717) is 0 Å². The summed E-state index contributed by atoms with van der Waals surface area (Å²) in [6.07, 6.45) is 7.98. The zero-order valence-electron chi connectivity index (χ0n) is 12.0. The van der Waals surface area contributed by atoms with Gasteiger partial charge in [0.2, 0.25) is 0 Å². The Labute approximate surface area is 142 Å². The molecule has 4 nitrogen and oxygen atoms in total. The monoisotopic (exact) mass is 415 g/mol. The average Bonchev–Trinajstić information content (AvgIpc) is 2.95. The fourth-order valence-electron chi connectivity index (χ4n) is 2.11. The molecular weight excluding hydrogens is 398 g/mol. The van der Waals surface area contributed by atoms with Crippen molar-refractivity contribution in [2.24, 2.45) is 0 Å². The van der Waals surface area contributed by atoms with Crippen LogP contribution in [0, 0.1) is 0 Å². The summed E-state index contributed by atoms with van der Waals surface area (Å²) in [6, 6.07) is 4.17. The first kappa shape index (κ1) is 16.5. The van der Waals surface area contributed by atoms with Gasteiger partial charge in [-0.05, 0) is 68.9 Å². The van der Waals surface area contributed by atoms with Gasteiger partial charge < -0.3 is 14.6 Å². The zero-order valence-corrected chi connectivity index (χ0v) is 15.2. The number of nitrogens with zero attached hydrogens (tertiary/aromatic N) is 2. The molecule has 0 aliphatic rings. The summed E-state index contributed by atoms with van der Waals surface area (Å²) >= 11 is 7.05. The number of rotatable bonds is 8. The summed E-state index contributed by atoms with van der Waals surface area (Å²) in [5.74, 6) is 0.832. The van der Waals surface area contributed by atoms with E-state index in [0.717, 1.165) is 47.2 Å². The molecule has 0 radical (unpaired) electrons. The lowest BCUT2D eigenvalue weighted by molar-refractivity contribution is 0.409. The van der Waals surface area contributed by atoms with E-state index in [-0.39, 0.29) is 0 Å². The summed E-state index contributed by atoms with van der Waals surface area (Å²) < 4.78 is 9.35. The second-order valence-corrected chi connectivity index (χ2v) is 6.49. The SMILES string of the molecule is COc1c(Br)cc(CNCCCCn2ccnc2)cc1Br. The van der Waals surface area contributed by atoms with E-state index < -0.39 is 0 Å². The molecule has 2 rings (SSSR count). The highest BCUT2D eigenvalue weighted by Gasteiger charge is 2.07. The minimum absolute atomic E-state index is 0.832. The molecular formula is C15H19Br2N3O. The molecule has 0 saturated carbocycles. The van der Waals surface area contributed by atoms with Crippen LogP contribution in [0.15, 0.2) is 39.8 Å². The summed E-state index contributed by atoms with van der Waals surface area (Å²) in [7, 11) is 1.67. The second kappa shape index (κ2) is 8.56. The predicted molar refractivity (Wildman–Crippen MR) is 91.6 cm³/mol. The van der Waals surface area contributed by atoms with Gasteiger partial charge in [0.1, 0.15) is 5.75 Å². The number of hydrogen-bond acceptors (Lipinski definition) is 3. The topological polar surface area (TPSA) is 39.1 Å². The first-order chi connectivity index (χ1) is 10.2. The Bertz CT molecular complexity index is 535. The van der Waals surface area contributed by atoms with Gasteiger partial charge in [-0.3, -0.25) is 0 Å². The van der Waals surface area contributed by atoms with E-state index in [2.05, 4.69) is 58.9 Å². The van der Waals surface area contributed by atoms with Crippen molar-refractivity contribution in [1.82, 2.24) is 14.9 Å². The molecule has 1 heterocycles. The summed E-state index contributed by atoms with van der Waals surface area (Å²) in [5, 5.41) is 3.47. The van der Waals surface area contributed by atoms with Crippen LogP contribution in [0.3, 0.4) is 0 Å². The van der Waals surface area contributed by atoms with Crippen LogP contribution in [0.25, 0.3) is 0 Å². The van der Waals surface area contributed by atoms with Crippen molar-refractivity contribution in [2.45, 2.75) is 25.9 Å². The highest BCUT2D eigenvalue weighted by atomic mass is 79.9. The molecule has 114 valence electrons. The lowest BCUT2D eigenvalue weighted by Gasteiger charge is -2.10. The van der Waals surface area contributed by atoms with Crippen LogP contribution in [0.4, 0.5) is 0 Å². The first-order valence-corrected chi connectivity index (χ1v) is 8.47. The van der Waals surface area contributed by atoms with Crippen LogP contribution in [0.2, 0.25) is 0 Å². The second-order valence-electron chi connectivity index (χ2n) is 4.78. The zero-order chi connectivity index (χ0) is 15.1. The summed E-state index contributed by atoms with van der Waals surface area (Å²) in [6.45, 7) is 2.89. The number of halogens is 2. The van der Waals surface area contributed by atoms with E-state index in [9.17, 15) is 0 Å². The number of hydrogen-bond donors (Lipinski definition) is 1. The molecule has 21 heavy (non-hydrogen) atoms. The van der Waals surface area contributed by atoms with Crippen LogP contribution in [-0.4, -0.2) is 23.2 Å². The lowest BCUT2D eigenvalue weighted by atomic mass is 10.2. The number of aromatic nitrogens is 2. The number of imidazole rings is 1. The molecule has 0 bridgehead atoms. The van der Waals surface area contributed by atoms with Crippen molar-refractivity contribution in [3.63, 3.8) is 0 Å². The smallest absolute Gasteiger partial charge is 0.147 e. The minimum Gasteiger partial charge on any atom is -0.494 e. The van der Waals surface area contributed by atoms with Crippen LogP contribution >= 0.6 is 31.9 Å². The van der Waals surface area contributed by atoms with Gasteiger partial charge >= 0.3 is 0 Å². The van der Waals surface area contributed by atoms with Crippen molar-refractivity contribution >= 4 is 31.9 Å². The Kier molecular flexibility index (Phi) is 6.73. The molecule has 0 amide bonds. The van der Waals surface area contributed by atoms with E-state index in [1.54, 1.807) is 7.11 Å². The summed E-state index contributed by atoms with van der Waals surface area (Å²) in [5.41, 5.74) is 1.23. The number of methoxy groups -OCH3 is 1. The molecule has 2 aromatic rings. The van der Waals surface area contributed by atoms with E-state index >= 15 is 0 Å². The Hall–Kier alpha value is -0.850. The van der Waals surface area contributed by atoms with Gasteiger partial charge in [-0.1, -0.05) is 0 Å². The largest absolute Gasteiger partial charge is 0.494 e. The Morgan fingerprint density at radius 3 is 2.62 bits per heavy atom. The minimum atomic E-state index is 0.832. The van der Waals surface area contributed by atoms with Gasteiger partial charge in [0, 0.05) is 25.5 Å². The van der Waals surface area contributed by atoms with Crippen LogP contribution in [0.5, 0.6) is 5.75 Å². The van der Waals surface area contributed by atoms with Gasteiger partial charge in [-0.25, -0.2) is 4.98 Å². The average molecular weight is 417 g/mol. The maximum atomic E-state index is 5.30. The molecule has 1 N–H and O–H groups in total. The quantitative estimate of drug-likeness (QED) is 0.661. The molecule has 0 fully saturated rings. The van der Waals surface area contributed by atoms with Gasteiger partial charge in [0.05, 0.1) is 22.4 Å². The molecule has 1 aromatic heterocycles. The fourth-order valence-corrected chi connectivity index (χ4v) is 3.71. The van der Waals surface area contributed by atoms with Crippen molar-refractivity contribution < 1.29 is 4.74 Å². The van der Waals surface area contributed by atoms with Crippen molar-refractivity contribution in [3.8, 4) is 5.75 Å². The first-order valence-electron chi connectivity index (χ1n) is 6.89. The van der Waals surface area contributed by atoms with Crippen LogP contribution in [-0.2, 0) is 13.1 Å². The molecule has 1 aromatic carbocycles. The molecule has 0 atom stereocenters. The molecule has 0 saturated heterocycles. The number of benzene rings is 1. The van der Waals surface area contributed by atoms with Crippen molar-refractivity contribution in [1.29, 1.82) is 0 Å².